The largest absolute Gasteiger partial charge is 0.383 e. The van der Waals surface area contributed by atoms with E-state index >= 15 is 0 Å². The van der Waals surface area contributed by atoms with Gasteiger partial charge in [0.05, 0.1) is 6.04 Å². The van der Waals surface area contributed by atoms with Crippen molar-refractivity contribution in [2.75, 3.05) is 12.3 Å². The predicted molar refractivity (Wildman–Crippen MR) is 87.6 cm³/mol. The van der Waals surface area contributed by atoms with Gasteiger partial charge in [-0.05, 0) is 49.7 Å². The summed E-state index contributed by atoms with van der Waals surface area (Å²) in [7, 11) is 0. The van der Waals surface area contributed by atoms with Crippen molar-refractivity contribution in [2.24, 2.45) is 0 Å². The fourth-order valence-electron chi connectivity index (χ4n) is 2.25. The van der Waals surface area contributed by atoms with Crippen molar-refractivity contribution in [3.8, 4) is 0 Å². The molecule has 0 spiro atoms. The van der Waals surface area contributed by atoms with Crippen LogP contribution in [-0.2, 0) is 0 Å². The normalized spacial score (nSPS) is 12.4. The monoisotopic (exact) mass is 351 g/mol. The molecule has 3 nitrogen and oxygen atoms in total. The van der Waals surface area contributed by atoms with Crippen molar-refractivity contribution >= 4 is 21.7 Å². The molecule has 0 amide bonds. The zero-order valence-corrected chi connectivity index (χ0v) is 13.7. The number of halogens is 2. The molecule has 0 radical (unpaired) electrons. The number of rotatable bonds is 5. The highest BCUT2D eigenvalue weighted by Crippen LogP contribution is 2.30. The summed E-state index contributed by atoms with van der Waals surface area (Å²) < 4.78 is 15.1. The number of anilines is 1. The van der Waals surface area contributed by atoms with Crippen LogP contribution in [0.3, 0.4) is 0 Å². The van der Waals surface area contributed by atoms with Gasteiger partial charge < -0.3 is 11.1 Å². The van der Waals surface area contributed by atoms with Gasteiger partial charge in [0.2, 0.25) is 0 Å². The lowest BCUT2D eigenvalue weighted by Gasteiger charge is -2.22. The zero-order valence-electron chi connectivity index (χ0n) is 12.2. The van der Waals surface area contributed by atoms with Crippen molar-refractivity contribution in [1.82, 2.24) is 10.3 Å². The average Bonchev–Trinajstić information content (AvgIpc) is 2.46. The third-order valence-corrected chi connectivity index (χ3v) is 3.76. The van der Waals surface area contributed by atoms with E-state index in [1.807, 2.05) is 13.0 Å². The molecule has 1 aromatic carbocycles. The van der Waals surface area contributed by atoms with Gasteiger partial charge in [-0.1, -0.05) is 22.9 Å². The molecule has 0 aliphatic heterocycles. The summed E-state index contributed by atoms with van der Waals surface area (Å²) >= 11 is 3.40. The number of nitrogens with one attached hydrogen (secondary N) is 1. The highest BCUT2D eigenvalue weighted by molar-refractivity contribution is 9.10. The number of nitrogens with zero attached hydrogens (tertiary/aromatic N) is 1. The quantitative estimate of drug-likeness (QED) is 0.856. The Labute approximate surface area is 132 Å². The van der Waals surface area contributed by atoms with E-state index in [-0.39, 0.29) is 11.9 Å². The van der Waals surface area contributed by atoms with Crippen LogP contribution in [-0.4, -0.2) is 11.5 Å². The number of hydrogen-bond donors (Lipinski definition) is 2. The Balaban J connectivity index is 2.52. The highest BCUT2D eigenvalue weighted by Gasteiger charge is 2.20. The minimum Gasteiger partial charge on any atom is -0.383 e. The van der Waals surface area contributed by atoms with Gasteiger partial charge in [-0.2, -0.15) is 0 Å². The number of benzene rings is 1. The number of nitrogens with two attached hydrogens (primary N) is 1. The molecule has 0 bridgehead atoms. The van der Waals surface area contributed by atoms with E-state index in [2.05, 4.69) is 33.2 Å². The molecule has 0 aliphatic rings. The Morgan fingerprint density at radius 1 is 1.33 bits per heavy atom. The highest BCUT2D eigenvalue weighted by atomic mass is 79.9. The molecule has 0 aliphatic carbocycles. The lowest BCUT2D eigenvalue weighted by Crippen LogP contribution is -2.25. The third kappa shape index (κ3) is 3.80. The predicted octanol–water partition coefficient (Wildman–Crippen LogP) is 3.96. The number of hydrogen-bond acceptors (Lipinski definition) is 3. The minimum absolute atomic E-state index is 0.257. The van der Waals surface area contributed by atoms with E-state index in [1.165, 1.54) is 6.07 Å². The lowest BCUT2D eigenvalue weighted by atomic mass is 9.97. The molecule has 21 heavy (non-hydrogen) atoms. The van der Waals surface area contributed by atoms with Crippen molar-refractivity contribution in [3.05, 3.63) is 57.4 Å². The van der Waals surface area contributed by atoms with Crippen LogP contribution in [0, 0.1) is 12.7 Å². The van der Waals surface area contributed by atoms with Crippen molar-refractivity contribution in [3.63, 3.8) is 0 Å². The topological polar surface area (TPSA) is 50.9 Å². The smallest absolute Gasteiger partial charge is 0.128 e. The van der Waals surface area contributed by atoms with E-state index in [0.717, 1.165) is 28.6 Å². The van der Waals surface area contributed by atoms with Crippen molar-refractivity contribution in [2.45, 2.75) is 26.3 Å². The molecule has 1 heterocycles. The van der Waals surface area contributed by atoms with Crippen LogP contribution in [0.2, 0.25) is 0 Å². The van der Waals surface area contributed by atoms with Crippen molar-refractivity contribution < 1.29 is 4.39 Å². The molecular weight excluding hydrogens is 333 g/mol. The minimum atomic E-state index is -0.310. The summed E-state index contributed by atoms with van der Waals surface area (Å²) in [5, 5.41) is 3.36. The van der Waals surface area contributed by atoms with Gasteiger partial charge in [-0.25, -0.2) is 9.37 Å². The molecule has 112 valence electrons. The van der Waals surface area contributed by atoms with Crippen LogP contribution in [0.1, 0.15) is 36.1 Å². The van der Waals surface area contributed by atoms with Gasteiger partial charge in [0.25, 0.3) is 0 Å². The fourth-order valence-corrected chi connectivity index (χ4v) is 2.62. The van der Waals surface area contributed by atoms with Crippen LogP contribution in [0.5, 0.6) is 0 Å². The maximum absolute atomic E-state index is 14.2. The molecule has 2 rings (SSSR count). The standard InChI is InChI=1S/C16H19BrFN3/c1-3-6-20-15(12-8-11(17)4-5-14(12)18)13-7-10(2)9-21-16(13)19/h4-5,7-9,15,20H,3,6H2,1-2H3,(H2,19,21). The van der Waals surface area contributed by atoms with E-state index in [0.29, 0.717) is 11.4 Å². The van der Waals surface area contributed by atoms with Crippen LogP contribution in [0.4, 0.5) is 10.2 Å². The van der Waals surface area contributed by atoms with E-state index in [4.69, 9.17) is 5.73 Å². The Hall–Kier alpha value is -1.46. The fraction of sp³-hybridized carbons (Fsp3) is 0.312. The van der Waals surface area contributed by atoms with E-state index < -0.39 is 0 Å². The maximum Gasteiger partial charge on any atom is 0.128 e. The van der Waals surface area contributed by atoms with E-state index in [9.17, 15) is 4.39 Å². The lowest BCUT2D eigenvalue weighted by molar-refractivity contribution is 0.546. The number of nitrogen functional groups attached to an aromatic ring is 1. The first-order valence-corrected chi connectivity index (χ1v) is 7.72. The Kier molecular flexibility index (Phi) is 5.31. The molecule has 0 saturated carbocycles. The summed E-state index contributed by atoms with van der Waals surface area (Å²) in [5.41, 5.74) is 8.37. The molecule has 5 heteroatoms. The number of aryl methyl sites for hydroxylation is 1. The van der Waals surface area contributed by atoms with E-state index in [1.54, 1.807) is 18.3 Å². The maximum atomic E-state index is 14.2. The molecule has 2 aromatic rings. The molecule has 1 atom stereocenters. The SMILES string of the molecule is CCCNC(c1cc(Br)ccc1F)c1cc(C)cnc1N. The number of pyridine rings is 1. The molecule has 0 saturated heterocycles. The summed E-state index contributed by atoms with van der Waals surface area (Å²) in [6.07, 6.45) is 2.66. The Morgan fingerprint density at radius 3 is 2.81 bits per heavy atom. The third-order valence-electron chi connectivity index (χ3n) is 3.26. The Morgan fingerprint density at radius 2 is 2.10 bits per heavy atom. The molecule has 3 N–H and O–H groups in total. The first kappa shape index (κ1) is 15.9. The molecule has 0 fully saturated rings. The van der Waals surface area contributed by atoms with Crippen LogP contribution < -0.4 is 11.1 Å². The summed E-state index contributed by atoms with van der Waals surface area (Å²) in [5.74, 6) is 0.168. The van der Waals surface area contributed by atoms with Gasteiger partial charge in [0.15, 0.2) is 0 Å². The summed E-state index contributed by atoms with van der Waals surface area (Å²) in [6, 6.07) is 6.57. The van der Waals surface area contributed by atoms with Gasteiger partial charge in [0, 0.05) is 21.8 Å². The molecule has 1 aromatic heterocycles. The van der Waals surface area contributed by atoms with Gasteiger partial charge in [-0.15, -0.1) is 0 Å². The summed E-state index contributed by atoms with van der Waals surface area (Å²) in [4.78, 5) is 4.19. The second-order valence-corrected chi connectivity index (χ2v) is 5.96. The average molecular weight is 352 g/mol. The molecule has 1 unspecified atom stereocenters. The molecular formula is C16H19BrFN3. The van der Waals surface area contributed by atoms with Gasteiger partial charge in [0.1, 0.15) is 11.6 Å². The first-order chi connectivity index (χ1) is 10.0. The van der Waals surface area contributed by atoms with Gasteiger partial charge >= 0.3 is 0 Å². The van der Waals surface area contributed by atoms with Crippen LogP contribution in [0.25, 0.3) is 0 Å². The Bertz CT molecular complexity index is 579. The van der Waals surface area contributed by atoms with Gasteiger partial charge in [-0.3, -0.25) is 0 Å². The second kappa shape index (κ2) is 7.00. The first-order valence-electron chi connectivity index (χ1n) is 6.93. The number of aromatic nitrogens is 1. The van der Waals surface area contributed by atoms with Crippen LogP contribution in [0.15, 0.2) is 34.9 Å². The van der Waals surface area contributed by atoms with Crippen molar-refractivity contribution in [1.29, 1.82) is 0 Å². The van der Waals surface area contributed by atoms with Crippen LogP contribution >= 0.6 is 15.9 Å². The zero-order chi connectivity index (χ0) is 15.4. The summed E-state index contributed by atoms with van der Waals surface area (Å²) in [6.45, 7) is 4.78. The second-order valence-electron chi connectivity index (χ2n) is 5.04.